The van der Waals surface area contributed by atoms with Crippen molar-refractivity contribution in [2.45, 2.75) is 26.1 Å². The molecule has 0 aliphatic heterocycles. The third-order valence-corrected chi connectivity index (χ3v) is 5.11. The van der Waals surface area contributed by atoms with Gasteiger partial charge in [0.1, 0.15) is 17.5 Å². The molecule has 2 aromatic heterocycles. The van der Waals surface area contributed by atoms with E-state index in [0.29, 0.717) is 42.6 Å². The van der Waals surface area contributed by atoms with Crippen LogP contribution in [-0.2, 0) is 19.6 Å². The highest BCUT2D eigenvalue weighted by atomic mass is 35.5. The lowest BCUT2D eigenvalue weighted by Gasteiger charge is -2.12. The summed E-state index contributed by atoms with van der Waals surface area (Å²) < 4.78 is 31.3. The highest BCUT2D eigenvalue weighted by molar-refractivity contribution is 6.30. The number of aryl methyl sites for hydroxylation is 1. The minimum absolute atomic E-state index is 0.275. The summed E-state index contributed by atoms with van der Waals surface area (Å²) >= 11 is 5.93. The maximum atomic E-state index is 13.9. The van der Waals surface area contributed by atoms with Gasteiger partial charge in [-0.1, -0.05) is 23.7 Å². The molecule has 0 saturated heterocycles. The Morgan fingerprint density at radius 3 is 2.48 bits per heavy atom. The summed E-state index contributed by atoms with van der Waals surface area (Å²) in [6.45, 7) is 1.42. The van der Waals surface area contributed by atoms with E-state index in [9.17, 15) is 13.6 Å². The number of anilines is 1. The van der Waals surface area contributed by atoms with Crippen LogP contribution < -0.4 is 11.0 Å². The second-order valence-electron chi connectivity index (χ2n) is 7.10. The van der Waals surface area contributed by atoms with E-state index in [1.807, 2.05) is 22.9 Å². The molecular formula is C22H20ClF2N5O. The molecule has 0 amide bonds. The lowest BCUT2D eigenvalue weighted by atomic mass is 10.1. The van der Waals surface area contributed by atoms with Crippen molar-refractivity contribution in [2.24, 2.45) is 0 Å². The smallest absolute Gasteiger partial charge is 0.327 e. The number of H-pyrrole nitrogens is 1. The first-order valence-corrected chi connectivity index (χ1v) is 10.1. The van der Waals surface area contributed by atoms with Gasteiger partial charge in [0.15, 0.2) is 0 Å². The standard InChI is InChI=1S/C22H20ClF2N5O/c23-17-4-2-15(3-5-17)13-27-21-20(16-10-18(24)12-19(25)11-16)30(22(31)28-21)8-1-7-29-9-6-26-14-29/h2-6,9-12,14,27H,1,7-8,13H2,(H,28,31). The molecule has 0 aliphatic carbocycles. The summed E-state index contributed by atoms with van der Waals surface area (Å²) in [5.41, 5.74) is 1.26. The number of hydrogen-bond donors (Lipinski definition) is 2. The Morgan fingerprint density at radius 1 is 1.06 bits per heavy atom. The van der Waals surface area contributed by atoms with Gasteiger partial charge in [0.2, 0.25) is 0 Å². The molecule has 0 fully saturated rings. The average Bonchev–Trinajstić information content (AvgIpc) is 3.35. The summed E-state index contributed by atoms with van der Waals surface area (Å²) in [5.74, 6) is -1.03. The maximum Gasteiger partial charge on any atom is 0.327 e. The number of hydrogen-bond acceptors (Lipinski definition) is 3. The van der Waals surface area contributed by atoms with Crippen LogP contribution in [0.4, 0.5) is 14.6 Å². The molecule has 0 bridgehead atoms. The van der Waals surface area contributed by atoms with Gasteiger partial charge in [-0.3, -0.25) is 9.55 Å². The lowest BCUT2D eigenvalue weighted by molar-refractivity contribution is 0.555. The molecule has 0 radical (unpaired) electrons. The van der Waals surface area contributed by atoms with Crippen LogP contribution in [0.25, 0.3) is 11.3 Å². The molecule has 4 rings (SSSR count). The van der Waals surface area contributed by atoms with Gasteiger partial charge in [-0.05, 0) is 36.2 Å². The zero-order valence-corrected chi connectivity index (χ0v) is 17.2. The van der Waals surface area contributed by atoms with Crippen LogP contribution in [0, 0.1) is 11.6 Å². The van der Waals surface area contributed by atoms with Crippen molar-refractivity contribution in [2.75, 3.05) is 5.32 Å². The van der Waals surface area contributed by atoms with Gasteiger partial charge in [0.05, 0.1) is 12.0 Å². The zero-order valence-electron chi connectivity index (χ0n) is 16.5. The van der Waals surface area contributed by atoms with E-state index in [2.05, 4.69) is 15.3 Å². The summed E-state index contributed by atoms with van der Waals surface area (Å²) in [4.78, 5) is 19.5. The normalized spacial score (nSPS) is 11.1. The van der Waals surface area contributed by atoms with E-state index < -0.39 is 11.6 Å². The molecule has 0 spiro atoms. The van der Waals surface area contributed by atoms with E-state index in [4.69, 9.17) is 11.6 Å². The van der Waals surface area contributed by atoms with Gasteiger partial charge in [0.25, 0.3) is 0 Å². The second-order valence-corrected chi connectivity index (χ2v) is 7.53. The van der Waals surface area contributed by atoms with Gasteiger partial charge in [-0.25, -0.2) is 18.6 Å². The number of aromatic amines is 1. The van der Waals surface area contributed by atoms with Crippen molar-refractivity contribution < 1.29 is 8.78 Å². The predicted octanol–water partition coefficient (Wildman–Crippen LogP) is 4.67. The van der Waals surface area contributed by atoms with E-state index in [-0.39, 0.29) is 11.3 Å². The van der Waals surface area contributed by atoms with Crippen LogP contribution in [-0.4, -0.2) is 19.1 Å². The van der Waals surface area contributed by atoms with E-state index >= 15 is 0 Å². The largest absolute Gasteiger partial charge is 0.366 e. The fourth-order valence-electron chi connectivity index (χ4n) is 3.43. The zero-order chi connectivity index (χ0) is 21.8. The molecule has 9 heteroatoms. The number of imidazole rings is 2. The SMILES string of the molecule is O=c1[nH]c(NCc2ccc(Cl)cc2)c(-c2cc(F)cc(F)c2)n1CCCn1ccnc1. The molecule has 160 valence electrons. The number of benzene rings is 2. The first-order chi connectivity index (χ1) is 15.0. The third-order valence-electron chi connectivity index (χ3n) is 4.86. The van der Waals surface area contributed by atoms with Crippen molar-refractivity contribution in [3.05, 3.63) is 93.9 Å². The van der Waals surface area contributed by atoms with Crippen LogP contribution in [0.3, 0.4) is 0 Å². The minimum Gasteiger partial charge on any atom is -0.366 e. The summed E-state index contributed by atoms with van der Waals surface area (Å²) in [7, 11) is 0. The molecular weight excluding hydrogens is 424 g/mol. The van der Waals surface area contributed by atoms with Gasteiger partial charge in [-0.2, -0.15) is 0 Å². The van der Waals surface area contributed by atoms with E-state index in [1.165, 1.54) is 16.7 Å². The Morgan fingerprint density at radius 2 is 1.81 bits per heavy atom. The minimum atomic E-state index is -0.711. The van der Waals surface area contributed by atoms with Gasteiger partial charge < -0.3 is 9.88 Å². The molecule has 2 N–H and O–H groups in total. The molecule has 4 aromatic rings. The van der Waals surface area contributed by atoms with Crippen LogP contribution in [0.15, 0.2) is 66.0 Å². The van der Waals surface area contributed by atoms with Crippen molar-refractivity contribution in [1.82, 2.24) is 19.1 Å². The molecule has 2 heterocycles. The molecule has 0 aliphatic rings. The molecule has 2 aromatic carbocycles. The van der Waals surface area contributed by atoms with Gasteiger partial charge in [0, 0.05) is 48.7 Å². The number of nitrogens with zero attached hydrogens (tertiary/aromatic N) is 3. The third kappa shape index (κ3) is 5.03. The van der Waals surface area contributed by atoms with Crippen LogP contribution in [0.1, 0.15) is 12.0 Å². The van der Waals surface area contributed by atoms with E-state index in [1.54, 1.807) is 24.7 Å². The molecule has 0 unspecified atom stereocenters. The fourth-order valence-corrected chi connectivity index (χ4v) is 3.55. The molecule has 31 heavy (non-hydrogen) atoms. The molecule has 6 nitrogen and oxygen atoms in total. The lowest BCUT2D eigenvalue weighted by Crippen LogP contribution is -2.18. The Bertz CT molecular complexity index is 1200. The maximum absolute atomic E-state index is 13.9. The second kappa shape index (κ2) is 9.18. The number of aromatic nitrogens is 4. The first-order valence-electron chi connectivity index (χ1n) is 9.73. The van der Waals surface area contributed by atoms with Crippen LogP contribution >= 0.6 is 11.6 Å². The van der Waals surface area contributed by atoms with Crippen molar-refractivity contribution >= 4 is 17.4 Å². The van der Waals surface area contributed by atoms with Crippen molar-refractivity contribution in [3.8, 4) is 11.3 Å². The summed E-state index contributed by atoms with van der Waals surface area (Å²) in [6.07, 6.45) is 5.85. The van der Waals surface area contributed by atoms with Crippen molar-refractivity contribution in [1.29, 1.82) is 0 Å². The van der Waals surface area contributed by atoms with Crippen LogP contribution in [0.2, 0.25) is 5.02 Å². The number of halogens is 3. The highest BCUT2D eigenvalue weighted by Crippen LogP contribution is 2.28. The average molecular weight is 444 g/mol. The molecule has 0 saturated carbocycles. The van der Waals surface area contributed by atoms with Gasteiger partial charge >= 0.3 is 5.69 Å². The van der Waals surface area contributed by atoms with Crippen molar-refractivity contribution in [3.63, 3.8) is 0 Å². The Kier molecular flexibility index (Phi) is 6.18. The topological polar surface area (TPSA) is 67.6 Å². The summed E-state index contributed by atoms with van der Waals surface area (Å²) in [6, 6.07) is 10.5. The monoisotopic (exact) mass is 443 g/mol. The predicted molar refractivity (Wildman–Crippen MR) is 116 cm³/mol. The Hall–Kier alpha value is -3.39. The fraction of sp³-hybridized carbons (Fsp3) is 0.182. The molecule has 0 atom stereocenters. The highest BCUT2D eigenvalue weighted by Gasteiger charge is 2.17. The van der Waals surface area contributed by atoms with Crippen LogP contribution in [0.5, 0.6) is 0 Å². The Labute approximate surface area is 182 Å². The van der Waals surface area contributed by atoms with Gasteiger partial charge in [-0.15, -0.1) is 0 Å². The number of nitrogens with one attached hydrogen (secondary N) is 2. The quantitative estimate of drug-likeness (QED) is 0.415. The summed E-state index contributed by atoms with van der Waals surface area (Å²) in [5, 5.41) is 3.79. The van der Waals surface area contributed by atoms with E-state index in [0.717, 1.165) is 11.6 Å². The number of rotatable bonds is 8. The Balaban J connectivity index is 1.64. The first kappa shape index (κ1) is 20.9.